The first-order valence-corrected chi connectivity index (χ1v) is 6.52. The molecule has 1 atom stereocenters. The molecule has 0 aliphatic heterocycles. The Hall–Kier alpha value is -2.90. The number of anilines is 1. The van der Waals surface area contributed by atoms with Gasteiger partial charge in [0.2, 0.25) is 0 Å². The van der Waals surface area contributed by atoms with E-state index < -0.39 is 21.4 Å². The summed E-state index contributed by atoms with van der Waals surface area (Å²) in [5.74, 6) is -1.07. The lowest BCUT2D eigenvalue weighted by atomic mass is 9.80. The minimum Gasteiger partial charge on any atom is -0.399 e. The molecule has 1 aromatic rings. The van der Waals surface area contributed by atoms with E-state index in [4.69, 9.17) is 11.5 Å². The molecule has 0 aromatic heterocycles. The molecule has 116 valence electrons. The Labute approximate surface area is 126 Å². The zero-order chi connectivity index (χ0) is 16.7. The summed E-state index contributed by atoms with van der Waals surface area (Å²) in [7, 11) is 0. The third kappa shape index (κ3) is 2.18. The van der Waals surface area contributed by atoms with Crippen LogP contribution in [0, 0.1) is 27.2 Å². The molecule has 8 nitrogen and oxygen atoms in total. The second-order valence-electron chi connectivity index (χ2n) is 5.34. The van der Waals surface area contributed by atoms with Gasteiger partial charge >= 0.3 is 5.66 Å². The number of hydrogen-bond donors (Lipinski definition) is 2. The zero-order valence-electron chi connectivity index (χ0n) is 12.1. The molecular weight excluding hydrogens is 288 g/mol. The Morgan fingerprint density at radius 3 is 2.23 bits per heavy atom. The summed E-state index contributed by atoms with van der Waals surface area (Å²) >= 11 is 0. The maximum Gasteiger partial charge on any atom is 0.489 e. The van der Waals surface area contributed by atoms with Gasteiger partial charge in [-0.25, -0.2) is 0 Å². The second kappa shape index (κ2) is 5.14. The van der Waals surface area contributed by atoms with Gasteiger partial charge in [0.25, 0.3) is 0 Å². The number of hydrogen-bond acceptors (Lipinski definition) is 6. The number of nitrogen functional groups attached to an aromatic ring is 1. The minimum atomic E-state index is -2.52. The van der Waals surface area contributed by atoms with Crippen molar-refractivity contribution in [2.24, 2.45) is 5.73 Å². The van der Waals surface area contributed by atoms with Crippen molar-refractivity contribution in [2.75, 3.05) is 5.73 Å². The fourth-order valence-corrected chi connectivity index (χ4v) is 2.53. The van der Waals surface area contributed by atoms with Crippen molar-refractivity contribution in [1.82, 2.24) is 0 Å². The molecule has 0 amide bonds. The normalized spacial score (nSPS) is 20.0. The van der Waals surface area contributed by atoms with E-state index in [9.17, 15) is 20.2 Å². The molecule has 0 radical (unpaired) electrons. The highest BCUT2D eigenvalue weighted by Gasteiger charge is 2.62. The molecule has 2 rings (SSSR count). The quantitative estimate of drug-likeness (QED) is 0.377. The maximum absolute atomic E-state index is 11.5. The monoisotopic (exact) mass is 304 g/mol. The number of allylic oxidation sites excluding steroid dienone is 1. The van der Waals surface area contributed by atoms with Crippen LogP contribution in [-0.4, -0.2) is 15.5 Å². The summed E-state index contributed by atoms with van der Waals surface area (Å²) < 4.78 is 0. The van der Waals surface area contributed by atoms with Crippen LogP contribution >= 0.6 is 0 Å². The fourth-order valence-electron chi connectivity index (χ4n) is 2.53. The molecule has 0 bridgehead atoms. The molecule has 0 saturated carbocycles. The van der Waals surface area contributed by atoms with Crippen LogP contribution in [0.15, 0.2) is 41.6 Å². The summed E-state index contributed by atoms with van der Waals surface area (Å²) in [5.41, 5.74) is 11.2. The topological polar surface area (TPSA) is 138 Å². The Balaban J connectivity index is 2.71. The lowest BCUT2D eigenvalue weighted by Gasteiger charge is -2.26. The van der Waals surface area contributed by atoms with Crippen LogP contribution < -0.4 is 11.5 Å². The van der Waals surface area contributed by atoms with Crippen molar-refractivity contribution < 1.29 is 9.85 Å². The SMILES string of the molecule is CC1=CC(c2ccc(N)c(C)c2)C([N+](=O)[O-])([N+](=O)[O-])C=C1N. The van der Waals surface area contributed by atoms with Gasteiger partial charge in [-0.05, 0) is 36.6 Å². The standard InChI is InChI=1S/C14H16N4O4/c1-8-5-10(3-4-12(8)15)11-6-9(2)13(16)7-14(11,17(19)20)18(21)22/h3-7,11H,15-16H2,1-2H3. The molecule has 1 unspecified atom stereocenters. The summed E-state index contributed by atoms with van der Waals surface area (Å²) in [5, 5.41) is 23.0. The predicted molar refractivity (Wildman–Crippen MR) is 81.1 cm³/mol. The van der Waals surface area contributed by atoms with Crippen LogP contribution in [0.2, 0.25) is 0 Å². The first kappa shape index (κ1) is 15.5. The average molecular weight is 304 g/mol. The number of nitrogens with zero attached hydrogens (tertiary/aromatic N) is 2. The van der Waals surface area contributed by atoms with Gasteiger partial charge in [0.1, 0.15) is 15.8 Å². The largest absolute Gasteiger partial charge is 0.489 e. The van der Waals surface area contributed by atoms with Gasteiger partial charge in [-0.3, -0.25) is 20.2 Å². The zero-order valence-corrected chi connectivity index (χ0v) is 12.1. The summed E-state index contributed by atoms with van der Waals surface area (Å²) in [6.45, 7) is 3.40. The van der Waals surface area contributed by atoms with E-state index >= 15 is 0 Å². The molecule has 0 heterocycles. The highest BCUT2D eigenvalue weighted by Crippen LogP contribution is 2.40. The summed E-state index contributed by atoms with van der Waals surface area (Å²) in [6, 6.07) is 4.77. The highest BCUT2D eigenvalue weighted by atomic mass is 16.7. The van der Waals surface area contributed by atoms with E-state index in [0.29, 0.717) is 22.4 Å². The second-order valence-corrected chi connectivity index (χ2v) is 5.34. The third-order valence-corrected chi connectivity index (χ3v) is 3.94. The van der Waals surface area contributed by atoms with Gasteiger partial charge in [0.15, 0.2) is 0 Å². The summed E-state index contributed by atoms with van der Waals surface area (Å²) in [4.78, 5) is 21.2. The van der Waals surface area contributed by atoms with E-state index in [1.54, 1.807) is 32.0 Å². The number of rotatable bonds is 3. The third-order valence-electron chi connectivity index (χ3n) is 3.94. The maximum atomic E-state index is 11.5. The molecule has 1 aromatic carbocycles. The molecular formula is C14H16N4O4. The number of benzene rings is 1. The van der Waals surface area contributed by atoms with E-state index in [1.807, 2.05) is 0 Å². The molecule has 1 aliphatic carbocycles. The van der Waals surface area contributed by atoms with Gasteiger partial charge in [-0.2, -0.15) is 0 Å². The Kier molecular flexibility index (Phi) is 3.62. The van der Waals surface area contributed by atoms with Crippen molar-refractivity contribution in [2.45, 2.75) is 25.4 Å². The van der Waals surface area contributed by atoms with E-state index in [1.165, 1.54) is 6.08 Å². The van der Waals surface area contributed by atoms with E-state index in [2.05, 4.69) is 0 Å². The highest BCUT2D eigenvalue weighted by molar-refractivity contribution is 5.51. The average Bonchev–Trinajstić information content (AvgIpc) is 2.43. The molecule has 22 heavy (non-hydrogen) atoms. The van der Waals surface area contributed by atoms with E-state index in [0.717, 1.165) is 6.08 Å². The van der Waals surface area contributed by atoms with Crippen molar-refractivity contribution in [3.8, 4) is 0 Å². The smallest absolute Gasteiger partial charge is 0.399 e. The molecule has 1 aliphatic rings. The molecule has 0 spiro atoms. The van der Waals surface area contributed by atoms with Gasteiger partial charge in [0.05, 0.1) is 6.08 Å². The van der Waals surface area contributed by atoms with Crippen LogP contribution in [0.4, 0.5) is 5.69 Å². The minimum absolute atomic E-state index is 0.0387. The predicted octanol–water partition coefficient (Wildman–Crippen LogP) is 1.71. The van der Waals surface area contributed by atoms with Crippen molar-refractivity contribution in [3.05, 3.63) is 73.0 Å². The number of nitrogens with two attached hydrogens (primary N) is 2. The molecule has 0 saturated heterocycles. The van der Waals surface area contributed by atoms with Crippen LogP contribution in [0.1, 0.15) is 24.0 Å². The van der Waals surface area contributed by atoms with Gasteiger partial charge in [-0.15, -0.1) is 0 Å². The lowest BCUT2D eigenvalue weighted by Crippen LogP contribution is -2.51. The van der Waals surface area contributed by atoms with Crippen molar-refractivity contribution in [1.29, 1.82) is 0 Å². The molecule has 0 fully saturated rings. The van der Waals surface area contributed by atoms with Crippen molar-refractivity contribution in [3.63, 3.8) is 0 Å². The van der Waals surface area contributed by atoms with Crippen LogP contribution in [-0.2, 0) is 0 Å². The lowest BCUT2D eigenvalue weighted by molar-refractivity contribution is -0.783. The van der Waals surface area contributed by atoms with Crippen molar-refractivity contribution >= 4 is 5.69 Å². The van der Waals surface area contributed by atoms with Gasteiger partial charge in [0, 0.05) is 11.4 Å². The van der Waals surface area contributed by atoms with Gasteiger partial charge in [-0.1, -0.05) is 18.2 Å². The van der Waals surface area contributed by atoms with Gasteiger partial charge < -0.3 is 11.5 Å². The molecule has 4 N–H and O–H groups in total. The van der Waals surface area contributed by atoms with E-state index in [-0.39, 0.29) is 5.70 Å². The summed E-state index contributed by atoms with van der Waals surface area (Å²) in [6.07, 6.45) is 2.38. The Morgan fingerprint density at radius 2 is 1.73 bits per heavy atom. The molecule has 8 heteroatoms. The first-order chi connectivity index (χ1) is 10.2. The number of nitro groups is 2. The first-order valence-electron chi connectivity index (χ1n) is 6.52. The Bertz CT molecular complexity index is 710. The number of aryl methyl sites for hydroxylation is 1. The van der Waals surface area contributed by atoms with Crippen LogP contribution in [0.5, 0.6) is 0 Å². The Morgan fingerprint density at radius 1 is 1.14 bits per heavy atom. The van der Waals surface area contributed by atoms with Crippen LogP contribution in [0.3, 0.4) is 0 Å². The van der Waals surface area contributed by atoms with Crippen LogP contribution in [0.25, 0.3) is 0 Å². The fraction of sp³-hybridized carbons (Fsp3) is 0.286.